The molecule has 0 radical (unpaired) electrons. The van der Waals surface area contributed by atoms with Crippen molar-refractivity contribution in [3.8, 4) is 11.3 Å². The zero-order valence-corrected chi connectivity index (χ0v) is 17.9. The number of nitrogen functional groups attached to an aromatic ring is 1. The first-order valence-electron chi connectivity index (χ1n) is 9.29. The highest BCUT2D eigenvalue weighted by Gasteiger charge is 2.53. The standard InChI is InChI=1S/C19H22Cl2N4O2S/c1-12-5-10-28(26,27)19(12)6-8-25(9-7-19)15-11-23-17(18(22)24-15)13-3-2-4-14(20)16(13)21/h2-4,11-12H,5-10H2,1H3,(H2,22,24). The summed E-state index contributed by atoms with van der Waals surface area (Å²) in [4.78, 5) is 11.0. The molecule has 1 spiro atoms. The van der Waals surface area contributed by atoms with Gasteiger partial charge in [-0.3, -0.25) is 0 Å². The molecule has 2 N–H and O–H groups in total. The first-order valence-corrected chi connectivity index (χ1v) is 11.7. The van der Waals surface area contributed by atoms with E-state index in [-0.39, 0.29) is 11.7 Å². The normalized spacial score (nSPS) is 23.2. The van der Waals surface area contributed by atoms with Crippen LogP contribution in [0.1, 0.15) is 26.2 Å². The Hall–Kier alpha value is -1.57. The van der Waals surface area contributed by atoms with Crippen LogP contribution in [0.4, 0.5) is 11.6 Å². The summed E-state index contributed by atoms with van der Waals surface area (Å²) in [6, 6.07) is 5.28. The fourth-order valence-corrected chi connectivity index (χ4v) is 7.46. The molecule has 1 aromatic carbocycles. The van der Waals surface area contributed by atoms with Crippen molar-refractivity contribution in [3.63, 3.8) is 0 Å². The van der Waals surface area contributed by atoms with Gasteiger partial charge in [-0.2, -0.15) is 0 Å². The number of halogens is 2. The van der Waals surface area contributed by atoms with Crippen molar-refractivity contribution in [1.29, 1.82) is 0 Å². The summed E-state index contributed by atoms with van der Waals surface area (Å²) in [5, 5.41) is 0.816. The number of rotatable bonds is 2. The van der Waals surface area contributed by atoms with Gasteiger partial charge in [0.15, 0.2) is 15.7 Å². The van der Waals surface area contributed by atoms with Gasteiger partial charge in [0.25, 0.3) is 0 Å². The first-order chi connectivity index (χ1) is 13.2. The maximum atomic E-state index is 12.6. The molecule has 9 heteroatoms. The van der Waals surface area contributed by atoms with Crippen molar-refractivity contribution in [2.75, 3.05) is 29.5 Å². The van der Waals surface area contributed by atoms with Crippen molar-refractivity contribution < 1.29 is 8.42 Å². The zero-order valence-electron chi connectivity index (χ0n) is 15.5. The second-order valence-corrected chi connectivity index (χ2v) is 10.9. The second-order valence-electron chi connectivity index (χ2n) is 7.62. The first kappa shape index (κ1) is 19.7. The molecular formula is C19H22Cl2N4O2S. The molecule has 2 aliphatic heterocycles. The molecule has 2 aliphatic rings. The summed E-state index contributed by atoms with van der Waals surface area (Å²) < 4.78 is 24.6. The van der Waals surface area contributed by atoms with Crippen LogP contribution in [0.15, 0.2) is 24.4 Å². The number of hydrogen-bond acceptors (Lipinski definition) is 6. The minimum Gasteiger partial charge on any atom is -0.382 e. The topological polar surface area (TPSA) is 89.2 Å². The van der Waals surface area contributed by atoms with Crippen LogP contribution in [0.2, 0.25) is 10.0 Å². The number of hydrogen-bond donors (Lipinski definition) is 1. The van der Waals surface area contributed by atoms with Crippen molar-refractivity contribution in [2.45, 2.75) is 30.9 Å². The van der Waals surface area contributed by atoms with Gasteiger partial charge in [0.05, 0.1) is 26.7 Å². The van der Waals surface area contributed by atoms with E-state index in [4.69, 9.17) is 28.9 Å². The van der Waals surface area contributed by atoms with E-state index < -0.39 is 14.6 Å². The van der Waals surface area contributed by atoms with Crippen LogP contribution in [0, 0.1) is 5.92 Å². The van der Waals surface area contributed by atoms with E-state index in [0.717, 1.165) is 6.42 Å². The molecule has 1 aromatic heterocycles. The van der Waals surface area contributed by atoms with E-state index in [1.54, 1.807) is 24.4 Å². The number of sulfone groups is 1. The van der Waals surface area contributed by atoms with Crippen LogP contribution in [-0.4, -0.2) is 42.0 Å². The lowest BCUT2D eigenvalue weighted by molar-refractivity contribution is 0.331. The highest BCUT2D eigenvalue weighted by atomic mass is 35.5. The average molecular weight is 441 g/mol. The summed E-state index contributed by atoms with van der Waals surface area (Å²) >= 11 is 12.4. The van der Waals surface area contributed by atoms with E-state index in [0.29, 0.717) is 58.8 Å². The van der Waals surface area contributed by atoms with Crippen LogP contribution < -0.4 is 10.6 Å². The fourth-order valence-electron chi connectivity index (χ4n) is 4.46. The maximum absolute atomic E-state index is 12.6. The van der Waals surface area contributed by atoms with Crippen LogP contribution in [0.25, 0.3) is 11.3 Å². The second kappa shape index (κ2) is 7.04. The quantitative estimate of drug-likeness (QED) is 0.762. The van der Waals surface area contributed by atoms with Gasteiger partial charge >= 0.3 is 0 Å². The largest absolute Gasteiger partial charge is 0.382 e. The Morgan fingerprint density at radius 2 is 1.96 bits per heavy atom. The molecule has 0 aliphatic carbocycles. The Morgan fingerprint density at radius 1 is 1.25 bits per heavy atom. The SMILES string of the molecule is CC1CCS(=O)(=O)C12CCN(c1cnc(-c3cccc(Cl)c3Cl)c(N)n1)CC2. The van der Waals surface area contributed by atoms with E-state index >= 15 is 0 Å². The molecule has 4 rings (SSSR count). The summed E-state index contributed by atoms with van der Waals surface area (Å²) in [6.45, 7) is 3.30. The minimum atomic E-state index is -3.04. The van der Waals surface area contributed by atoms with Gasteiger partial charge in [0.1, 0.15) is 11.5 Å². The van der Waals surface area contributed by atoms with Crippen LogP contribution >= 0.6 is 23.2 Å². The minimum absolute atomic E-state index is 0.197. The highest BCUT2D eigenvalue weighted by Crippen LogP contribution is 2.45. The van der Waals surface area contributed by atoms with Gasteiger partial charge in [-0.05, 0) is 31.2 Å². The van der Waals surface area contributed by atoms with Crippen molar-refractivity contribution in [2.24, 2.45) is 5.92 Å². The van der Waals surface area contributed by atoms with Crippen molar-refractivity contribution >= 4 is 44.7 Å². The Balaban J connectivity index is 1.57. The molecular weight excluding hydrogens is 419 g/mol. The van der Waals surface area contributed by atoms with Crippen LogP contribution in [0.3, 0.4) is 0 Å². The van der Waals surface area contributed by atoms with E-state index in [9.17, 15) is 8.42 Å². The van der Waals surface area contributed by atoms with Crippen molar-refractivity contribution in [1.82, 2.24) is 9.97 Å². The molecule has 2 aromatic rings. The van der Waals surface area contributed by atoms with Gasteiger partial charge in [0, 0.05) is 18.7 Å². The lowest BCUT2D eigenvalue weighted by Gasteiger charge is -2.41. The molecule has 28 heavy (non-hydrogen) atoms. The highest BCUT2D eigenvalue weighted by molar-refractivity contribution is 7.93. The summed E-state index contributed by atoms with van der Waals surface area (Å²) in [7, 11) is -3.04. The summed E-state index contributed by atoms with van der Waals surface area (Å²) in [5.41, 5.74) is 7.28. The van der Waals surface area contributed by atoms with Gasteiger partial charge < -0.3 is 10.6 Å². The monoisotopic (exact) mass is 440 g/mol. The van der Waals surface area contributed by atoms with Crippen LogP contribution in [-0.2, 0) is 9.84 Å². The predicted octanol–water partition coefficient (Wildman–Crippen LogP) is 3.83. The Morgan fingerprint density at radius 3 is 2.57 bits per heavy atom. The van der Waals surface area contributed by atoms with E-state index in [2.05, 4.69) is 21.8 Å². The maximum Gasteiger partial charge on any atom is 0.156 e. The van der Waals surface area contributed by atoms with Crippen molar-refractivity contribution in [3.05, 3.63) is 34.4 Å². The molecule has 1 unspecified atom stereocenters. The number of aromatic nitrogens is 2. The molecule has 2 fully saturated rings. The third kappa shape index (κ3) is 3.04. The predicted molar refractivity (Wildman–Crippen MR) is 114 cm³/mol. The molecule has 2 saturated heterocycles. The number of anilines is 2. The molecule has 0 bridgehead atoms. The zero-order chi connectivity index (χ0) is 20.1. The lowest BCUT2D eigenvalue weighted by Crippen LogP contribution is -2.50. The molecule has 150 valence electrons. The van der Waals surface area contributed by atoms with Gasteiger partial charge in [-0.1, -0.05) is 42.3 Å². The Bertz CT molecular complexity index is 1020. The third-order valence-electron chi connectivity index (χ3n) is 6.26. The Kier molecular flexibility index (Phi) is 4.96. The van der Waals surface area contributed by atoms with Gasteiger partial charge in [0.2, 0.25) is 0 Å². The van der Waals surface area contributed by atoms with E-state index in [1.165, 1.54) is 0 Å². The molecule has 0 amide bonds. The number of benzene rings is 1. The van der Waals surface area contributed by atoms with Gasteiger partial charge in [-0.15, -0.1) is 0 Å². The smallest absolute Gasteiger partial charge is 0.156 e. The van der Waals surface area contributed by atoms with Crippen LogP contribution in [0.5, 0.6) is 0 Å². The number of nitrogens with zero attached hydrogens (tertiary/aromatic N) is 3. The summed E-state index contributed by atoms with van der Waals surface area (Å²) in [6.07, 6.45) is 3.64. The average Bonchev–Trinajstić information content (AvgIpc) is 2.89. The third-order valence-corrected chi connectivity index (χ3v) is 9.91. The summed E-state index contributed by atoms with van der Waals surface area (Å²) in [5.74, 6) is 1.42. The molecule has 0 saturated carbocycles. The van der Waals surface area contributed by atoms with Gasteiger partial charge in [-0.25, -0.2) is 18.4 Å². The number of nitrogens with two attached hydrogens (primary N) is 1. The molecule has 3 heterocycles. The Labute approximate surface area is 175 Å². The lowest BCUT2D eigenvalue weighted by atomic mass is 9.83. The molecule has 1 atom stereocenters. The van der Waals surface area contributed by atoms with E-state index in [1.807, 2.05) is 0 Å². The molecule has 6 nitrogen and oxygen atoms in total. The number of piperidine rings is 1. The fraction of sp³-hybridized carbons (Fsp3) is 0.474.